The van der Waals surface area contributed by atoms with Crippen molar-refractivity contribution in [2.24, 2.45) is 5.92 Å². The Kier molecular flexibility index (Phi) is 5.91. The third-order valence-corrected chi connectivity index (χ3v) is 3.38. The fourth-order valence-corrected chi connectivity index (χ4v) is 2.15. The Hall–Kier alpha value is -1.30. The molecule has 0 saturated carbocycles. The van der Waals surface area contributed by atoms with Gasteiger partial charge in [0.05, 0.1) is 0 Å². The molecule has 1 aliphatic heterocycles. The first kappa shape index (κ1) is 14.8. The Morgan fingerprint density at radius 1 is 1.44 bits per heavy atom. The maximum Gasteiger partial charge on any atom is 0.326 e. The fourth-order valence-electron chi connectivity index (χ4n) is 2.15. The lowest BCUT2D eigenvalue weighted by molar-refractivity contribution is -0.139. The Balaban J connectivity index is 2.23. The largest absolute Gasteiger partial charge is 0.480 e. The molecule has 6 nitrogen and oxygen atoms in total. The summed E-state index contributed by atoms with van der Waals surface area (Å²) in [7, 11) is 0. The third-order valence-electron chi connectivity index (χ3n) is 3.38. The van der Waals surface area contributed by atoms with Crippen molar-refractivity contribution in [3.63, 3.8) is 0 Å². The van der Waals surface area contributed by atoms with Crippen molar-refractivity contribution < 1.29 is 14.7 Å². The maximum atomic E-state index is 11.5. The molecule has 1 saturated heterocycles. The molecule has 1 aliphatic rings. The second-order valence-electron chi connectivity index (χ2n) is 4.70. The topological polar surface area (TPSA) is 81.7 Å². The van der Waals surface area contributed by atoms with Gasteiger partial charge in [0.1, 0.15) is 6.04 Å². The molecule has 1 rings (SSSR count). The number of urea groups is 1. The van der Waals surface area contributed by atoms with Crippen LogP contribution in [0.1, 0.15) is 26.7 Å². The SMILES string of the molecule is CC[C@H](NC(=O)NCC1CCN(CC)C1)C(=O)O. The predicted octanol–water partition coefficient (Wildman–Crippen LogP) is 0.491. The van der Waals surface area contributed by atoms with Gasteiger partial charge in [-0.1, -0.05) is 13.8 Å². The lowest BCUT2D eigenvalue weighted by Gasteiger charge is -2.16. The van der Waals surface area contributed by atoms with E-state index in [2.05, 4.69) is 22.5 Å². The van der Waals surface area contributed by atoms with Crippen LogP contribution in [0.15, 0.2) is 0 Å². The number of hydrogen-bond donors (Lipinski definition) is 3. The van der Waals surface area contributed by atoms with Gasteiger partial charge in [-0.3, -0.25) is 0 Å². The number of nitrogens with one attached hydrogen (secondary N) is 2. The zero-order valence-electron chi connectivity index (χ0n) is 11.1. The van der Waals surface area contributed by atoms with Gasteiger partial charge in [-0.2, -0.15) is 0 Å². The molecule has 0 spiro atoms. The predicted molar refractivity (Wildman–Crippen MR) is 68.5 cm³/mol. The number of carboxylic acid groups (broad SMARTS) is 1. The minimum atomic E-state index is -0.995. The van der Waals surface area contributed by atoms with E-state index in [0.29, 0.717) is 18.9 Å². The first-order valence-corrected chi connectivity index (χ1v) is 6.56. The second-order valence-corrected chi connectivity index (χ2v) is 4.70. The summed E-state index contributed by atoms with van der Waals surface area (Å²) in [6, 6.07) is -1.19. The van der Waals surface area contributed by atoms with Gasteiger partial charge in [0, 0.05) is 13.1 Å². The van der Waals surface area contributed by atoms with E-state index in [4.69, 9.17) is 5.11 Å². The van der Waals surface area contributed by atoms with E-state index in [1.807, 2.05) is 0 Å². The van der Waals surface area contributed by atoms with E-state index in [9.17, 15) is 9.59 Å². The number of likely N-dealkylation sites (tertiary alicyclic amines) is 1. The van der Waals surface area contributed by atoms with Gasteiger partial charge in [0.25, 0.3) is 0 Å². The van der Waals surface area contributed by atoms with E-state index >= 15 is 0 Å². The molecule has 0 bridgehead atoms. The van der Waals surface area contributed by atoms with Crippen molar-refractivity contribution >= 4 is 12.0 Å². The monoisotopic (exact) mass is 257 g/mol. The van der Waals surface area contributed by atoms with Gasteiger partial charge >= 0.3 is 12.0 Å². The first-order valence-electron chi connectivity index (χ1n) is 6.56. The molecule has 2 amide bonds. The minimum absolute atomic E-state index is 0.385. The molecule has 1 fully saturated rings. The standard InChI is InChI=1S/C12H23N3O3/c1-3-10(11(16)17)14-12(18)13-7-9-5-6-15(4-2)8-9/h9-10H,3-8H2,1-2H3,(H,16,17)(H2,13,14,18)/t9?,10-/m0/s1. The summed E-state index contributed by atoms with van der Waals surface area (Å²) in [6.45, 7) is 7.60. The van der Waals surface area contributed by atoms with Crippen LogP contribution in [0.4, 0.5) is 4.79 Å². The summed E-state index contributed by atoms with van der Waals surface area (Å²) in [4.78, 5) is 24.6. The highest BCUT2D eigenvalue weighted by Gasteiger charge is 2.22. The van der Waals surface area contributed by atoms with E-state index in [1.165, 1.54) is 0 Å². The molecule has 1 heterocycles. The molecular formula is C12H23N3O3. The van der Waals surface area contributed by atoms with Crippen molar-refractivity contribution in [1.29, 1.82) is 0 Å². The van der Waals surface area contributed by atoms with Crippen LogP contribution in [0.2, 0.25) is 0 Å². The highest BCUT2D eigenvalue weighted by molar-refractivity contribution is 5.82. The summed E-state index contributed by atoms with van der Waals surface area (Å²) in [5.74, 6) is -0.522. The zero-order valence-corrected chi connectivity index (χ0v) is 11.1. The van der Waals surface area contributed by atoms with Crippen molar-refractivity contribution in [1.82, 2.24) is 15.5 Å². The molecule has 18 heavy (non-hydrogen) atoms. The van der Waals surface area contributed by atoms with E-state index in [-0.39, 0.29) is 6.03 Å². The Morgan fingerprint density at radius 3 is 2.67 bits per heavy atom. The van der Waals surface area contributed by atoms with Crippen LogP contribution < -0.4 is 10.6 Å². The molecule has 6 heteroatoms. The molecule has 0 aliphatic carbocycles. The van der Waals surface area contributed by atoms with Gasteiger partial charge in [-0.05, 0) is 31.8 Å². The van der Waals surface area contributed by atoms with Crippen LogP contribution in [0.3, 0.4) is 0 Å². The molecule has 0 radical (unpaired) electrons. The number of rotatable bonds is 6. The van der Waals surface area contributed by atoms with Crippen molar-refractivity contribution in [2.75, 3.05) is 26.2 Å². The number of carbonyl (C=O) groups excluding carboxylic acids is 1. The van der Waals surface area contributed by atoms with Crippen LogP contribution >= 0.6 is 0 Å². The van der Waals surface area contributed by atoms with Gasteiger partial charge in [-0.25, -0.2) is 9.59 Å². The molecule has 2 atom stereocenters. The van der Waals surface area contributed by atoms with E-state index in [0.717, 1.165) is 26.1 Å². The zero-order chi connectivity index (χ0) is 13.5. The third kappa shape index (κ3) is 4.52. The summed E-state index contributed by atoms with van der Waals surface area (Å²) in [5.41, 5.74) is 0. The maximum absolute atomic E-state index is 11.5. The summed E-state index contributed by atoms with van der Waals surface area (Å²) < 4.78 is 0. The van der Waals surface area contributed by atoms with Gasteiger partial charge in [0.15, 0.2) is 0 Å². The van der Waals surface area contributed by atoms with E-state index < -0.39 is 12.0 Å². The molecule has 104 valence electrons. The summed E-state index contributed by atoms with van der Waals surface area (Å²) in [5, 5.41) is 14.0. The quantitative estimate of drug-likeness (QED) is 0.647. The van der Waals surface area contributed by atoms with Crippen molar-refractivity contribution in [3.05, 3.63) is 0 Å². The van der Waals surface area contributed by atoms with Crippen LogP contribution in [0, 0.1) is 5.92 Å². The number of carbonyl (C=O) groups is 2. The molecular weight excluding hydrogens is 234 g/mol. The second kappa shape index (κ2) is 7.20. The fraction of sp³-hybridized carbons (Fsp3) is 0.833. The van der Waals surface area contributed by atoms with Crippen LogP contribution in [-0.4, -0.2) is 54.2 Å². The Morgan fingerprint density at radius 2 is 2.17 bits per heavy atom. The lowest BCUT2D eigenvalue weighted by atomic mass is 10.1. The molecule has 1 unspecified atom stereocenters. The lowest BCUT2D eigenvalue weighted by Crippen LogP contribution is -2.46. The number of carboxylic acids is 1. The number of amides is 2. The number of aliphatic carboxylic acids is 1. The highest BCUT2D eigenvalue weighted by Crippen LogP contribution is 2.14. The molecule has 3 N–H and O–H groups in total. The number of hydrogen-bond acceptors (Lipinski definition) is 3. The average Bonchev–Trinajstić information content (AvgIpc) is 2.81. The van der Waals surface area contributed by atoms with Crippen LogP contribution in [0.25, 0.3) is 0 Å². The minimum Gasteiger partial charge on any atom is -0.480 e. The van der Waals surface area contributed by atoms with E-state index in [1.54, 1.807) is 6.92 Å². The molecule has 0 aromatic rings. The molecule has 0 aromatic heterocycles. The highest BCUT2D eigenvalue weighted by atomic mass is 16.4. The average molecular weight is 257 g/mol. The van der Waals surface area contributed by atoms with Crippen LogP contribution in [-0.2, 0) is 4.79 Å². The smallest absolute Gasteiger partial charge is 0.326 e. The summed E-state index contributed by atoms with van der Waals surface area (Å²) in [6.07, 6.45) is 1.47. The summed E-state index contributed by atoms with van der Waals surface area (Å²) >= 11 is 0. The van der Waals surface area contributed by atoms with Crippen molar-refractivity contribution in [3.8, 4) is 0 Å². The molecule has 0 aromatic carbocycles. The van der Waals surface area contributed by atoms with Crippen LogP contribution in [0.5, 0.6) is 0 Å². The van der Waals surface area contributed by atoms with Gasteiger partial charge in [-0.15, -0.1) is 0 Å². The van der Waals surface area contributed by atoms with Gasteiger partial charge < -0.3 is 20.6 Å². The first-order chi connectivity index (χ1) is 8.56. The van der Waals surface area contributed by atoms with Crippen molar-refractivity contribution in [2.45, 2.75) is 32.7 Å². The Bertz CT molecular complexity index is 296. The van der Waals surface area contributed by atoms with Gasteiger partial charge in [0.2, 0.25) is 0 Å². The Labute approximate surface area is 108 Å². The normalized spacial score (nSPS) is 21.6. The number of nitrogens with zero attached hydrogens (tertiary/aromatic N) is 1.